The van der Waals surface area contributed by atoms with Crippen molar-refractivity contribution in [2.75, 3.05) is 13.6 Å². The normalized spacial score (nSPS) is 11.4. The predicted molar refractivity (Wildman–Crippen MR) is 66.4 cm³/mol. The summed E-state index contributed by atoms with van der Waals surface area (Å²) in [4.78, 5) is 13.6. The smallest absolute Gasteiger partial charge is 0.257 e. The van der Waals surface area contributed by atoms with E-state index in [1.807, 2.05) is 13.8 Å². The fourth-order valence-corrected chi connectivity index (χ4v) is 1.41. The molecule has 0 fully saturated rings. The highest BCUT2D eigenvalue weighted by molar-refractivity contribution is 5.95. The van der Waals surface area contributed by atoms with Crippen LogP contribution in [0.2, 0.25) is 0 Å². The third kappa shape index (κ3) is 2.64. The Labute approximate surface area is 101 Å². The topological polar surface area (TPSA) is 46.3 Å². The molecule has 0 unspecified atom stereocenters. The van der Waals surface area contributed by atoms with Crippen LogP contribution < -0.4 is 5.73 Å². The number of likely N-dealkylation sites (N-methyl/N-ethyl adjacent to an activating group) is 1. The van der Waals surface area contributed by atoms with Gasteiger partial charge >= 0.3 is 0 Å². The number of hydrogen-bond acceptors (Lipinski definition) is 2. The average Bonchev–Trinajstić information content (AvgIpc) is 2.30. The quantitative estimate of drug-likeness (QED) is 0.874. The highest BCUT2D eigenvalue weighted by Gasteiger charge is 2.28. The number of carbonyl (C=O) groups is 1. The second-order valence-electron chi connectivity index (χ2n) is 4.82. The Balaban J connectivity index is 3.09. The lowest BCUT2D eigenvalue weighted by Gasteiger charge is -2.34. The number of rotatable bonds is 3. The third-order valence-corrected chi connectivity index (χ3v) is 3.13. The van der Waals surface area contributed by atoms with Gasteiger partial charge < -0.3 is 10.6 Å². The zero-order valence-corrected chi connectivity index (χ0v) is 10.7. The van der Waals surface area contributed by atoms with Gasteiger partial charge in [-0.15, -0.1) is 0 Å². The Morgan fingerprint density at radius 1 is 1.47 bits per heavy atom. The van der Waals surface area contributed by atoms with E-state index in [0.717, 1.165) is 0 Å². The van der Waals surface area contributed by atoms with Gasteiger partial charge in [0.2, 0.25) is 0 Å². The van der Waals surface area contributed by atoms with Gasteiger partial charge in [0.05, 0.1) is 5.56 Å². The first-order valence-electron chi connectivity index (χ1n) is 5.54. The number of halogens is 1. The minimum atomic E-state index is -0.493. The van der Waals surface area contributed by atoms with Crippen molar-refractivity contribution in [2.24, 2.45) is 5.73 Å². The Bertz CT molecular complexity index is 429. The van der Waals surface area contributed by atoms with Crippen molar-refractivity contribution >= 4 is 5.91 Å². The van der Waals surface area contributed by atoms with Crippen LogP contribution in [0, 0.1) is 12.7 Å². The molecule has 2 N–H and O–H groups in total. The van der Waals surface area contributed by atoms with Gasteiger partial charge in [-0.1, -0.05) is 12.1 Å². The van der Waals surface area contributed by atoms with E-state index in [1.165, 1.54) is 11.0 Å². The molecule has 0 aliphatic rings. The predicted octanol–water partition coefficient (Wildman–Crippen LogP) is 1.94. The van der Waals surface area contributed by atoms with Crippen molar-refractivity contribution in [1.82, 2.24) is 4.90 Å². The summed E-state index contributed by atoms with van der Waals surface area (Å²) < 4.78 is 13.8. The Hall–Kier alpha value is -1.42. The highest BCUT2D eigenvalue weighted by atomic mass is 19.1. The van der Waals surface area contributed by atoms with E-state index in [2.05, 4.69) is 0 Å². The van der Waals surface area contributed by atoms with E-state index >= 15 is 0 Å². The van der Waals surface area contributed by atoms with Crippen molar-refractivity contribution in [2.45, 2.75) is 26.3 Å². The largest absolute Gasteiger partial charge is 0.335 e. The number of aryl methyl sites for hydroxylation is 1. The van der Waals surface area contributed by atoms with Gasteiger partial charge in [0.25, 0.3) is 5.91 Å². The number of nitrogens with two attached hydrogens (primary N) is 1. The Morgan fingerprint density at radius 2 is 2.06 bits per heavy atom. The molecule has 0 aliphatic carbocycles. The monoisotopic (exact) mass is 238 g/mol. The fraction of sp³-hybridized carbons (Fsp3) is 0.462. The number of nitrogens with zero attached hydrogens (tertiary/aromatic N) is 1. The summed E-state index contributed by atoms with van der Waals surface area (Å²) >= 11 is 0. The summed E-state index contributed by atoms with van der Waals surface area (Å²) in [6.45, 7) is 5.65. The number of amides is 1. The maximum atomic E-state index is 13.8. The highest BCUT2D eigenvalue weighted by Crippen LogP contribution is 2.18. The average molecular weight is 238 g/mol. The molecule has 4 heteroatoms. The molecule has 1 aromatic carbocycles. The van der Waals surface area contributed by atoms with E-state index in [9.17, 15) is 9.18 Å². The van der Waals surface area contributed by atoms with Crippen molar-refractivity contribution in [3.05, 3.63) is 35.1 Å². The molecule has 0 radical (unpaired) electrons. The Kier molecular flexibility index (Phi) is 3.88. The van der Waals surface area contributed by atoms with Gasteiger partial charge in [0.1, 0.15) is 5.82 Å². The van der Waals surface area contributed by atoms with E-state index in [-0.39, 0.29) is 11.5 Å². The molecular weight excluding hydrogens is 219 g/mol. The van der Waals surface area contributed by atoms with Crippen molar-refractivity contribution in [3.63, 3.8) is 0 Å². The van der Waals surface area contributed by atoms with E-state index in [1.54, 1.807) is 26.1 Å². The van der Waals surface area contributed by atoms with Crippen LogP contribution in [0.1, 0.15) is 29.8 Å². The third-order valence-electron chi connectivity index (χ3n) is 3.13. The van der Waals surface area contributed by atoms with E-state index in [4.69, 9.17) is 5.73 Å². The van der Waals surface area contributed by atoms with Crippen LogP contribution in [0.15, 0.2) is 18.2 Å². The molecule has 17 heavy (non-hydrogen) atoms. The lowest BCUT2D eigenvalue weighted by molar-refractivity contribution is 0.0635. The molecule has 1 rings (SSSR count). The van der Waals surface area contributed by atoms with Crippen LogP contribution in [0.25, 0.3) is 0 Å². The van der Waals surface area contributed by atoms with Gasteiger partial charge in [0, 0.05) is 19.1 Å². The van der Waals surface area contributed by atoms with Crippen LogP contribution >= 0.6 is 0 Å². The first-order valence-corrected chi connectivity index (χ1v) is 5.54. The molecule has 0 saturated carbocycles. The van der Waals surface area contributed by atoms with Crippen molar-refractivity contribution in [1.29, 1.82) is 0 Å². The van der Waals surface area contributed by atoms with E-state index in [0.29, 0.717) is 12.1 Å². The molecule has 3 nitrogen and oxygen atoms in total. The molecule has 0 aliphatic heterocycles. The molecule has 0 heterocycles. The molecule has 0 spiro atoms. The number of hydrogen-bond donors (Lipinski definition) is 1. The van der Waals surface area contributed by atoms with Crippen LogP contribution in [0.4, 0.5) is 4.39 Å². The van der Waals surface area contributed by atoms with Crippen LogP contribution in [0.5, 0.6) is 0 Å². The van der Waals surface area contributed by atoms with Gasteiger partial charge in [-0.05, 0) is 32.4 Å². The zero-order chi connectivity index (χ0) is 13.2. The maximum Gasteiger partial charge on any atom is 0.257 e. The first kappa shape index (κ1) is 13.6. The second kappa shape index (κ2) is 4.84. The minimum Gasteiger partial charge on any atom is -0.335 e. The molecule has 0 atom stereocenters. The van der Waals surface area contributed by atoms with Gasteiger partial charge in [0.15, 0.2) is 0 Å². The van der Waals surface area contributed by atoms with Gasteiger partial charge in [-0.3, -0.25) is 4.79 Å². The summed E-state index contributed by atoms with van der Waals surface area (Å²) in [5.74, 6) is -0.807. The second-order valence-corrected chi connectivity index (χ2v) is 4.82. The van der Waals surface area contributed by atoms with Crippen molar-refractivity contribution < 1.29 is 9.18 Å². The number of carbonyl (C=O) groups excluding carboxylic acids is 1. The summed E-state index contributed by atoms with van der Waals surface area (Å²) in [5, 5.41) is 0. The summed E-state index contributed by atoms with van der Waals surface area (Å²) in [5.41, 5.74) is 5.67. The Morgan fingerprint density at radius 3 is 2.59 bits per heavy atom. The first-order chi connectivity index (χ1) is 7.81. The van der Waals surface area contributed by atoms with E-state index < -0.39 is 11.4 Å². The standard InChI is InChI=1S/C13H19FN2O/c1-9-6-5-7-10(11(9)14)12(17)16(4)13(2,3)8-15/h5-7H,8,15H2,1-4H3. The molecule has 94 valence electrons. The van der Waals surface area contributed by atoms with Crippen molar-refractivity contribution in [3.8, 4) is 0 Å². The van der Waals surface area contributed by atoms with Crippen LogP contribution in [0.3, 0.4) is 0 Å². The minimum absolute atomic E-state index is 0.0917. The molecule has 1 amide bonds. The number of benzene rings is 1. The van der Waals surface area contributed by atoms with Crippen LogP contribution in [-0.4, -0.2) is 29.9 Å². The summed E-state index contributed by atoms with van der Waals surface area (Å²) in [6.07, 6.45) is 0. The fourth-order valence-electron chi connectivity index (χ4n) is 1.41. The molecule has 0 bridgehead atoms. The maximum absolute atomic E-state index is 13.8. The zero-order valence-electron chi connectivity index (χ0n) is 10.7. The molecule has 0 saturated heterocycles. The van der Waals surface area contributed by atoms with Gasteiger partial charge in [-0.25, -0.2) is 4.39 Å². The van der Waals surface area contributed by atoms with Crippen LogP contribution in [-0.2, 0) is 0 Å². The summed E-state index contributed by atoms with van der Waals surface area (Å²) in [7, 11) is 1.64. The molecule has 1 aromatic rings. The summed E-state index contributed by atoms with van der Waals surface area (Å²) in [6, 6.07) is 4.81. The van der Waals surface area contributed by atoms with Gasteiger partial charge in [-0.2, -0.15) is 0 Å². The lowest BCUT2D eigenvalue weighted by atomic mass is 10.0. The SMILES string of the molecule is Cc1cccc(C(=O)N(C)C(C)(C)CN)c1F. The molecular formula is C13H19FN2O. The lowest BCUT2D eigenvalue weighted by Crippen LogP contribution is -2.50. The molecule has 0 aromatic heterocycles.